The number of nitrogens with zero attached hydrogens (tertiary/aromatic N) is 1. The summed E-state index contributed by atoms with van der Waals surface area (Å²) in [7, 11) is 1.57. The highest BCUT2D eigenvalue weighted by atomic mass is 19.1. The Morgan fingerprint density at radius 1 is 1.35 bits per heavy atom. The lowest BCUT2D eigenvalue weighted by atomic mass is 10.1. The van der Waals surface area contributed by atoms with Crippen molar-refractivity contribution in [2.24, 2.45) is 5.92 Å². The van der Waals surface area contributed by atoms with Crippen LogP contribution in [0.5, 0.6) is 5.75 Å². The van der Waals surface area contributed by atoms with Gasteiger partial charge in [0.1, 0.15) is 11.6 Å². The van der Waals surface area contributed by atoms with Crippen LogP contribution >= 0.6 is 0 Å². The van der Waals surface area contributed by atoms with Gasteiger partial charge in [-0.15, -0.1) is 0 Å². The van der Waals surface area contributed by atoms with Crippen LogP contribution in [0.3, 0.4) is 0 Å². The molecule has 1 aliphatic carbocycles. The Kier molecular flexibility index (Phi) is 4.73. The average molecular weight is 280 g/mol. The van der Waals surface area contributed by atoms with Gasteiger partial charge in [-0.1, -0.05) is 26.7 Å². The van der Waals surface area contributed by atoms with Crippen molar-refractivity contribution < 1.29 is 9.13 Å². The van der Waals surface area contributed by atoms with Gasteiger partial charge in [0.15, 0.2) is 0 Å². The molecule has 0 aliphatic heterocycles. The lowest BCUT2D eigenvalue weighted by Gasteiger charge is -2.33. The first kappa shape index (κ1) is 14.9. The molecule has 0 spiro atoms. The van der Waals surface area contributed by atoms with Gasteiger partial charge >= 0.3 is 0 Å². The summed E-state index contributed by atoms with van der Waals surface area (Å²) in [5.41, 5.74) is 6.75. The van der Waals surface area contributed by atoms with Crippen molar-refractivity contribution in [3.8, 4) is 5.75 Å². The molecule has 0 unspecified atom stereocenters. The van der Waals surface area contributed by atoms with E-state index in [9.17, 15) is 4.39 Å². The molecule has 1 aromatic carbocycles. The molecule has 0 amide bonds. The molecule has 1 aromatic rings. The number of methoxy groups -OCH3 is 1. The molecule has 0 bridgehead atoms. The van der Waals surface area contributed by atoms with Gasteiger partial charge in [0.25, 0.3) is 0 Å². The first-order valence-electron chi connectivity index (χ1n) is 7.42. The molecular formula is C16H25FN2O. The molecule has 0 heterocycles. The van der Waals surface area contributed by atoms with Crippen LogP contribution < -0.4 is 15.4 Å². The lowest BCUT2D eigenvalue weighted by molar-refractivity contribution is 0.415. The van der Waals surface area contributed by atoms with Crippen molar-refractivity contribution in [2.45, 2.75) is 45.6 Å². The smallest absolute Gasteiger partial charge is 0.148 e. The van der Waals surface area contributed by atoms with E-state index in [0.717, 1.165) is 19.4 Å². The van der Waals surface area contributed by atoms with E-state index in [1.54, 1.807) is 13.2 Å². The summed E-state index contributed by atoms with van der Waals surface area (Å²) >= 11 is 0. The molecule has 0 radical (unpaired) electrons. The van der Waals surface area contributed by atoms with E-state index in [2.05, 4.69) is 18.7 Å². The molecule has 1 fully saturated rings. The van der Waals surface area contributed by atoms with E-state index in [1.807, 2.05) is 0 Å². The zero-order chi connectivity index (χ0) is 14.7. The molecule has 4 heteroatoms. The average Bonchev–Trinajstić information content (AvgIpc) is 2.90. The maximum atomic E-state index is 14.3. The van der Waals surface area contributed by atoms with E-state index in [0.29, 0.717) is 29.1 Å². The summed E-state index contributed by atoms with van der Waals surface area (Å²) in [5.74, 6) is 0.780. The lowest BCUT2D eigenvalue weighted by Crippen LogP contribution is -2.37. The van der Waals surface area contributed by atoms with Crippen molar-refractivity contribution in [2.75, 3.05) is 24.3 Å². The maximum absolute atomic E-state index is 14.3. The molecule has 0 saturated heterocycles. The Bertz CT molecular complexity index is 456. The number of hydrogen-bond acceptors (Lipinski definition) is 3. The highest BCUT2D eigenvalue weighted by Gasteiger charge is 2.26. The number of anilines is 2. The highest BCUT2D eigenvalue weighted by molar-refractivity contribution is 5.63. The van der Waals surface area contributed by atoms with E-state index in [4.69, 9.17) is 10.5 Å². The first-order chi connectivity index (χ1) is 9.52. The third-order valence-electron chi connectivity index (χ3n) is 3.94. The molecule has 2 rings (SSSR count). The van der Waals surface area contributed by atoms with E-state index in [1.165, 1.54) is 18.9 Å². The van der Waals surface area contributed by atoms with Gasteiger partial charge in [-0.05, 0) is 18.8 Å². The number of hydrogen-bond donors (Lipinski definition) is 1. The highest BCUT2D eigenvalue weighted by Crippen LogP contribution is 2.35. The molecule has 3 nitrogen and oxygen atoms in total. The van der Waals surface area contributed by atoms with Crippen LogP contribution in [0.15, 0.2) is 12.1 Å². The second-order valence-corrected chi connectivity index (χ2v) is 6.03. The van der Waals surface area contributed by atoms with Crippen LogP contribution in [0, 0.1) is 11.7 Å². The molecular weight excluding hydrogens is 255 g/mol. The van der Waals surface area contributed by atoms with Crippen molar-refractivity contribution in [3.05, 3.63) is 17.9 Å². The quantitative estimate of drug-likeness (QED) is 0.833. The van der Waals surface area contributed by atoms with Crippen LogP contribution in [0.1, 0.15) is 39.5 Å². The molecule has 1 aliphatic rings. The Morgan fingerprint density at radius 3 is 2.55 bits per heavy atom. The minimum Gasteiger partial charge on any atom is -0.495 e. The fourth-order valence-corrected chi connectivity index (χ4v) is 3.01. The van der Waals surface area contributed by atoms with E-state index >= 15 is 0 Å². The largest absolute Gasteiger partial charge is 0.495 e. The van der Waals surface area contributed by atoms with Gasteiger partial charge in [-0.2, -0.15) is 0 Å². The van der Waals surface area contributed by atoms with Crippen molar-refractivity contribution >= 4 is 11.4 Å². The summed E-state index contributed by atoms with van der Waals surface area (Å²) in [5, 5.41) is 0. The van der Waals surface area contributed by atoms with Crippen molar-refractivity contribution in [3.63, 3.8) is 0 Å². The number of benzene rings is 1. The Morgan fingerprint density at radius 2 is 2.00 bits per heavy atom. The number of nitrogen functional groups attached to an aromatic ring is 1. The molecule has 0 atom stereocenters. The Balaban J connectivity index is 2.36. The van der Waals surface area contributed by atoms with Crippen LogP contribution in [-0.2, 0) is 0 Å². The molecule has 2 N–H and O–H groups in total. The monoisotopic (exact) mass is 280 g/mol. The van der Waals surface area contributed by atoms with Crippen LogP contribution in [0.25, 0.3) is 0 Å². The van der Waals surface area contributed by atoms with E-state index in [-0.39, 0.29) is 5.82 Å². The van der Waals surface area contributed by atoms with Crippen molar-refractivity contribution in [1.82, 2.24) is 0 Å². The standard InChI is InChI=1S/C16H25FN2O/c1-11(2)10-19(12-6-4-5-7-12)15-9-16(20-3)14(18)8-13(15)17/h8-9,11-12H,4-7,10,18H2,1-3H3. The molecule has 0 aromatic heterocycles. The summed E-state index contributed by atoms with van der Waals surface area (Å²) in [6.45, 7) is 5.18. The molecule has 1 saturated carbocycles. The normalized spacial score (nSPS) is 15.8. The Hall–Kier alpha value is -1.45. The van der Waals surface area contributed by atoms with Gasteiger partial charge < -0.3 is 15.4 Å². The molecule has 20 heavy (non-hydrogen) atoms. The van der Waals surface area contributed by atoms with Crippen LogP contribution in [-0.4, -0.2) is 19.7 Å². The number of nitrogens with two attached hydrogens (primary N) is 1. The number of ether oxygens (including phenoxy) is 1. The van der Waals surface area contributed by atoms with Crippen LogP contribution in [0.4, 0.5) is 15.8 Å². The second kappa shape index (κ2) is 6.33. The van der Waals surface area contributed by atoms with Gasteiger partial charge in [0, 0.05) is 24.7 Å². The zero-order valence-electron chi connectivity index (χ0n) is 12.7. The number of halogens is 1. The number of rotatable bonds is 5. The second-order valence-electron chi connectivity index (χ2n) is 6.03. The fourth-order valence-electron chi connectivity index (χ4n) is 3.01. The molecule has 112 valence electrons. The Labute approximate surface area is 120 Å². The topological polar surface area (TPSA) is 38.5 Å². The minimum absolute atomic E-state index is 0.254. The van der Waals surface area contributed by atoms with Gasteiger partial charge in [-0.3, -0.25) is 0 Å². The summed E-state index contributed by atoms with van der Waals surface area (Å²) in [6, 6.07) is 3.54. The summed E-state index contributed by atoms with van der Waals surface area (Å²) in [4.78, 5) is 2.20. The predicted octanol–water partition coefficient (Wildman–Crippen LogP) is 3.82. The SMILES string of the molecule is COc1cc(N(CC(C)C)C2CCCC2)c(F)cc1N. The van der Waals surface area contributed by atoms with Gasteiger partial charge in [0.05, 0.1) is 18.5 Å². The van der Waals surface area contributed by atoms with E-state index < -0.39 is 0 Å². The predicted molar refractivity (Wildman–Crippen MR) is 81.8 cm³/mol. The summed E-state index contributed by atoms with van der Waals surface area (Å²) < 4.78 is 19.6. The third kappa shape index (κ3) is 3.17. The van der Waals surface area contributed by atoms with Crippen LogP contribution in [0.2, 0.25) is 0 Å². The minimum atomic E-state index is -0.254. The van der Waals surface area contributed by atoms with Gasteiger partial charge in [0.2, 0.25) is 0 Å². The fraction of sp³-hybridized carbons (Fsp3) is 0.625. The zero-order valence-corrected chi connectivity index (χ0v) is 12.7. The van der Waals surface area contributed by atoms with Crippen molar-refractivity contribution in [1.29, 1.82) is 0 Å². The maximum Gasteiger partial charge on any atom is 0.148 e. The first-order valence-corrected chi connectivity index (χ1v) is 7.42. The third-order valence-corrected chi connectivity index (χ3v) is 3.94. The van der Waals surface area contributed by atoms with Gasteiger partial charge in [-0.25, -0.2) is 4.39 Å². The summed E-state index contributed by atoms with van der Waals surface area (Å²) in [6.07, 6.45) is 4.73.